The lowest BCUT2D eigenvalue weighted by Crippen LogP contribution is -2.53. The second-order valence-corrected chi connectivity index (χ2v) is 8.87. The quantitative estimate of drug-likeness (QED) is 0.687. The molecule has 1 fully saturated rings. The monoisotopic (exact) mass is 348 g/mol. The molecule has 0 aromatic carbocycles. The maximum absolute atomic E-state index is 13.4. The highest BCUT2D eigenvalue weighted by atomic mass is 16.2. The van der Waals surface area contributed by atoms with Crippen LogP contribution in [0.5, 0.6) is 0 Å². The van der Waals surface area contributed by atoms with E-state index in [-0.39, 0.29) is 59.7 Å². The fraction of sp³-hybridized carbons (Fsp3) is 0.810. The van der Waals surface area contributed by atoms with Gasteiger partial charge in [-0.25, -0.2) is 0 Å². The molecule has 0 aromatic rings. The van der Waals surface area contributed by atoms with Gasteiger partial charge in [0.25, 0.3) is 0 Å². The maximum Gasteiger partial charge on any atom is 0.227 e. The largest absolute Gasteiger partial charge is 0.338 e. The molecule has 2 bridgehead atoms. The minimum atomic E-state index is -0.202. The zero-order valence-electron chi connectivity index (χ0n) is 17.2. The van der Waals surface area contributed by atoms with Gasteiger partial charge in [-0.1, -0.05) is 12.2 Å². The maximum atomic E-state index is 13.4. The molecule has 4 nitrogen and oxygen atoms in total. The fourth-order valence-electron chi connectivity index (χ4n) is 5.05. The average molecular weight is 349 g/mol. The Bertz CT molecular complexity index is 474. The van der Waals surface area contributed by atoms with Crippen LogP contribution in [0.1, 0.15) is 61.8 Å². The summed E-state index contributed by atoms with van der Waals surface area (Å²) in [7, 11) is 0. The van der Waals surface area contributed by atoms with Crippen LogP contribution in [0.3, 0.4) is 0 Å². The van der Waals surface area contributed by atoms with E-state index in [0.29, 0.717) is 0 Å². The molecule has 2 rings (SSSR count). The molecule has 0 spiro atoms. The van der Waals surface area contributed by atoms with E-state index in [9.17, 15) is 9.59 Å². The van der Waals surface area contributed by atoms with Crippen molar-refractivity contribution in [2.75, 3.05) is 0 Å². The number of carbonyl (C=O) groups excluding carboxylic acids is 2. The van der Waals surface area contributed by atoms with Crippen molar-refractivity contribution in [3.8, 4) is 0 Å². The molecule has 0 aromatic heterocycles. The second kappa shape index (κ2) is 7.51. The molecule has 0 heterocycles. The molecule has 4 heteroatoms. The van der Waals surface area contributed by atoms with E-state index in [1.165, 1.54) is 0 Å². The van der Waals surface area contributed by atoms with Gasteiger partial charge in [0.05, 0.1) is 11.8 Å². The summed E-state index contributed by atoms with van der Waals surface area (Å²) in [5.74, 6) is 0.347. The Labute approximate surface area is 153 Å². The molecule has 2 amide bonds. The van der Waals surface area contributed by atoms with Crippen molar-refractivity contribution in [3.63, 3.8) is 0 Å². The van der Waals surface area contributed by atoms with Crippen LogP contribution in [0.2, 0.25) is 0 Å². The number of hydrogen-bond acceptors (Lipinski definition) is 2. The van der Waals surface area contributed by atoms with Crippen LogP contribution in [0.4, 0.5) is 0 Å². The molecule has 0 saturated heterocycles. The number of rotatable bonds is 6. The number of hydrogen-bond donors (Lipinski definition) is 0. The van der Waals surface area contributed by atoms with Crippen molar-refractivity contribution in [1.29, 1.82) is 0 Å². The Morgan fingerprint density at radius 1 is 0.680 bits per heavy atom. The smallest absolute Gasteiger partial charge is 0.227 e. The first-order valence-electron chi connectivity index (χ1n) is 9.90. The first-order valence-corrected chi connectivity index (χ1v) is 9.90. The topological polar surface area (TPSA) is 40.6 Å². The second-order valence-electron chi connectivity index (χ2n) is 8.87. The lowest BCUT2D eigenvalue weighted by atomic mass is 9.80. The van der Waals surface area contributed by atoms with Gasteiger partial charge in [-0.3, -0.25) is 9.59 Å². The lowest BCUT2D eigenvalue weighted by Gasteiger charge is -2.40. The Morgan fingerprint density at radius 2 is 0.960 bits per heavy atom. The normalized spacial score (nSPS) is 27.8. The Morgan fingerprint density at radius 3 is 1.20 bits per heavy atom. The molecule has 142 valence electrons. The third-order valence-electron chi connectivity index (χ3n) is 5.76. The molecule has 4 atom stereocenters. The van der Waals surface area contributed by atoms with Crippen LogP contribution < -0.4 is 0 Å². The highest BCUT2D eigenvalue weighted by Crippen LogP contribution is 2.50. The number of nitrogens with zero attached hydrogens (tertiary/aromatic N) is 2. The Balaban J connectivity index is 2.35. The molecule has 1 saturated carbocycles. The van der Waals surface area contributed by atoms with Gasteiger partial charge in [-0.05, 0) is 73.6 Å². The molecule has 2 aliphatic carbocycles. The number of fused-ring (bicyclic) bond motifs is 2. The Hall–Kier alpha value is -1.32. The van der Waals surface area contributed by atoms with Gasteiger partial charge in [-0.2, -0.15) is 0 Å². The van der Waals surface area contributed by atoms with Crippen LogP contribution in [0, 0.1) is 23.7 Å². The predicted octanol–water partition coefficient (Wildman–Crippen LogP) is 3.72. The van der Waals surface area contributed by atoms with Crippen molar-refractivity contribution < 1.29 is 9.59 Å². The van der Waals surface area contributed by atoms with Gasteiger partial charge < -0.3 is 9.80 Å². The molecule has 0 unspecified atom stereocenters. The zero-order valence-corrected chi connectivity index (χ0v) is 17.2. The van der Waals surface area contributed by atoms with Crippen molar-refractivity contribution >= 4 is 11.8 Å². The van der Waals surface area contributed by atoms with Gasteiger partial charge in [0.2, 0.25) is 11.8 Å². The third-order valence-corrected chi connectivity index (χ3v) is 5.76. The molecular formula is C21H36N2O2. The van der Waals surface area contributed by atoms with E-state index >= 15 is 0 Å². The van der Waals surface area contributed by atoms with Crippen molar-refractivity contribution in [1.82, 2.24) is 9.80 Å². The molecular weight excluding hydrogens is 312 g/mol. The fourth-order valence-corrected chi connectivity index (χ4v) is 5.05. The first-order chi connectivity index (χ1) is 11.6. The summed E-state index contributed by atoms with van der Waals surface area (Å²) in [6.45, 7) is 16.5. The van der Waals surface area contributed by atoms with Gasteiger partial charge in [0.1, 0.15) is 0 Å². The van der Waals surface area contributed by atoms with Crippen molar-refractivity contribution in [2.45, 2.75) is 86.0 Å². The zero-order chi connectivity index (χ0) is 19.0. The van der Waals surface area contributed by atoms with E-state index in [4.69, 9.17) is 0 Å². The molecule has 2 aliphatic rings. The van der Waals surface area contributed by atoms with E-state index in [2.05, 4.69) is 67.5 Å². The summed E-state index contributed by atoms with van der Waals surface area (Å²) in [5, 5.41) is 0. The SMILES string of the molecule is CC(C)N(C(=O)[C@@H]1[C@H](C(=O)N(C(C)C)C(C)C)[C@H]2C=C[C@H]1C2)C(C)C. The predicted molar refractivity (Wildman–Crippen MR) is 102 cm³/mol. The number of carbonyl (C=O) groups is 2. The summed E-state index contributed by atoms with van der Waals surface area (Å²) in [6.07, 6.45) is 5.29. The minimum Gasteiger partial charge on any atom is -0.338 e. The van der Waals surface area contributed by atoms with E-state index < -0.39 is 0 Å². The van der Waals surface area contributed by atoms with Gasteiger partial charge in [0.15, 0.2) is 0 Å². The number of amides is 2. The van der Waals surface area contributed by atoms with Crippen LogP contribution in [-0.4, -0.2) is 45.8 Å². The first kappa shape index (κ1) is 20.0. The van der Waals surface area contributed by atoms with Crippen molar-refractivity contribution in [2.24, 2.45) is 23.7 Å². The van der Waals surface area contributed by atoms with Gasteiger partial charge in [-0.15, -0.1) is 0 Å². The number of allylic oxidation sites excluding steroid dienone is 2. The Kier molecular flexibility index (Phi) is 6.01. The summed E-state index contributed by atoms with van der Waals surface area (Å²) in [5.41, 5.74) is 0. The minimum absolute atomic E-state index is 0.151. The van der Waals surface area contributed by atoms with Crippen LogP contribution >= 0.6 is 0 Å². The average Bonchev–Trinajstić information content (AvgIpc) is 3.05. The molecule has 0 aliphatic heterocycles. The summed E-state index contributed by atoms with van der Waals surface area (Å²) >= 11 is 0. The van der Waals surface area contributed by atoms with Crippen LogP contribution in [-0.2, 0) is 9.59 Å². The van der Waals surface area contributed by atoms with E-state index in [1.807, 2.05) is 9.80 Å². The summed E-state index contributed by atoms with van der Waals surface area (Å²) in [6, 6.07) is 0.602. The highest BCUT2D eigenvalue weighted by molar-refractivity contribution is 5.90. The summed E-state index contributed by atoms with van der Waals surface area (Å²) in [4.78, 5) is 30.8. The highest BCUT2D eigenvalue weighted by Gasteiger charge is 2.54. The van der Waals surface area contributed by atoms with Gasteiger partial charge >= 0.3 is 0 Å². The van der Waals surface area contributed by atoms with E-state index in [0.717, 1.165) is 6.42 Å². The molecule has 0 radical (unpaired) electrons. The molecule has 0 N–H and O–H groups in total. The van der Waals surface area contributed by atoms with Gasteiger partial charge in [0, 0.05) is 24.2 Å². The summed E-state index contributed by atoms with van der Waals surface area (Å²) < 4.78 is 0. The van der Waals surface area contributed by atoms with Crippen molar-refractivity contribution in [3.05, 3.63) is 12.2 Å². The molecule has 25 heavy (non-hydrogen) atoms. The van der Waals surface area contributed by atoms with E-state index in [1.54, 1.807) is 0 Å². The van der Waals surface area contributed by atoms with Crippen LogP contribution in [0.15, 0.2) is 12.2 Å². The third kappa shape index (κ3) is 3.63. The standard InChI is InChI=1S/C21H36N2O2/c1-12(2)22(13(3)4)20(24)18-16-9-10-17(11-16)19(18)21(25)23(14(5)6)15(7)8/h9-10,12-19H,11H2,1-8H3/t16-,17-,18-,19+/m0/s1. The van der Waals surface area contributed by atoms with Crippen LogP contribution in [0.25, 0.3) is 0 Å². The lowest BCUT2D eigenvalue weighted by molar-refractivity contribution is -0.151.